The number of carbonyl (C=O) groups excluding carboxylic acids is 2. The average Bonchev–Trinajstić information content (AvgIpc) is 3.17. The van der Waals surface area contributed by atoms with Crippen LogP contribution in [-0.2, 0) is 16.0 Å². The van der Waals surface area contributed by atoms with E-state index in [0.717, 1.165) is 5.69 Å². The third-order valence-electron chi connectivity index (χ3n) is 3.82. The number of thiazole rings is 1. The molecule has 2 aromatic carbocycles. The number of methoxy groups -OCH3 is 1. The molecule has 3 rings (SSSR count). The smallest absolute Gasteiger partial charge is 0.313 e. The van der Waals surface area contributed by atoms with Crippen LogP contribution in [-0.4, -0.2) is 30.5 Å². The number of halogens is 1. The zero-order valence-electron chi connectivity index (χ0n) is 15.1. The second kappa shape index (κ2) is 9.09. The fourth-order valence-electron chi connectivity index (χ4n) is 2.45. The lowest BCUT2D eigenvalue weighted by molar-refractivity contribution is -0.136. The van der Waals surface area contributed by atoms with E-state index in [0.29, 0.717) is 28.4 Å². The van der Waals surface area contributed by atoms with Crippen LogP contribution in [0.1, 0.15) is 5.69 Å². The van der Waals surface area contributed by atoms with Gasteiger partial charge in [-0.15, -0.1) is 11.3 Å². The van der Waals surface area contributed by atoms with Crippen molar-refractivity contribution in [3.8, 4) is 16.3 Å². The quantitative estimate of drug-likeness (QED) is 0.624. The zero-order valence-corrected chi connectivity index (χ0v) is 15.9. The fraction of sp³-hybridized carbons (Fsp3) is 0.150. The number of carbonyl (C=O) groups is 2. The Labute approximate surface area is 165 Å². The second-order valence-corrected chi connectivity index (χ2v) is 6.70. The van der Waals surface area contributed by atoms with Crippen molar-refractivity contribution in [3.63, 3.8) is 0 Å². The molecular weight excluding hydrogens is 381 g/mol. The van der Waals surface area contributed by atoms with Crippen molar-refractivity contribution in [1.29, 1.82) is 0 Å². The molecule has 6 nitrogen and oxygen atoms in total. The molecule has 144 valence electrons. The molecule has 0 aliphatic rings. The van der Waals surface area contributed by atoms with E-state index in [2.05, 4.69) is 15.6 Å². The van der Waals surface area contributed by atoms with E-state index in [4.69, 9.17) is 4.74 Å². The number of hydrogen-bond acceptors (Lipinski definition) is 5. The summed E-state index contributed by atoms with van der Waals surface area (Å²) in [5.74, 6) is -1.23. The Morgan fingerprint density at radius 1 is 1.14 bits per heavy atom. The van der Waals surface area contributed by atoms with Gasteiger partial charge in [-0.2, -0.15) is 0 Å². The lowest BCUT2D eigenvalue weighted by Gasteiger charge is -2.07. The number of nitrogens with zero attached hydrogens (tertiary/aromatic N) is 1. The van der Waals surface area contributed by atoms with Crippen LogP contribution < -0.4 is 15.4 Å². The molecular formula is C20H18FN3O3S. The number of anilines is 1. The maximum Gasteiger partial charge on any atom is 0.313 e. The molecule has 0 fully saturated rings. The van der Waals surface area contributed by atoms with E-state index < -0.39 is 11.8 Å². The summed E-state index contributed by atoms with van der Waals surface area (Å²) in [6.07, 6.45) is 0.462. The molecule has 3 aromatic rings. The standard InChI is InChI=1S/C20H18FN3O3S/c1-27-17-7-3-6-15(11-17)23-19(26)18(25)22-9-8-16-12-28-20(24-16)13-4-2-5-14(21)10-13/h2-7,10-12H,8-9H2,1H3,(H,22,25)(H,23,26). The van der Waals surface area contributed by atoms with Crippen molar-refractivity contribution in [1.82, 2.24) is 10.3 Å². The summed E-state index contributed by atoms with van der Waals surface area (Å²) in [4.78, 5) is 28.3. The lowest BCUT2D eigenvalue weighted by atomic mass is 10.2. The Hall–Kier alpha value is -3.26. The number of rotatable bonds is 6. The van der Waals surface area contributed by atoms with E-state index >= 15 is 0 Å². The van der Waals surface area contributed by atoms with E-state index in [1.54, 1.807) is 36.4 Å². The Kier molecular flexibility index (Phi) is 6.33. The van der Waals surface area contributed by atoms with Gasteiger partial charge in [-0.3, -0.25) is 9.59 Å². The van der Waals surface area contributed by atoms with Crippen LogP contribution in [0.5, 0.6) is 5.75 Å². The van der Waals surface area contributed by atoms with Gasteiger partial charge in [0.25, 0.3) is 0 Å². The Morgan fingerprint density at radius 2 is 1.96 bits per heavy atom. The molecule has 0 aliphatic heterocycles. The van der Waals surface area contributed by atoms with E-state index in [1.807, 2.05) is 5.38 Å². The fourth-order valence-corrected chi connectivity index (χ4v) is 3.30. The SMILES string of the molecule is COc1cccc(NC(=O)C(=O)NCCc2csc(-c3cccc(F)c3)n2)c1. The highest BCUT2D eigenvalue weighted by atomic mass is 32.1. The third kappa shape index (κ3) is 5.14. The first-order valence-corrected chi connectivity index (χ1v) is 9.36. The van der Waals surface area contributed by atoms with Crippen LogP contribution in [0.25, 0.3) is 10.6 Å². The molecule has 0 atom stereocenters. The first-order valence-electron chi connectivity index (χ1n) is 8.49. The van der Waals surface area contributed by atoms with Gasteiger partial charge in [0, 0.05) is 35.7 Å². The van der Waals surface area contributed by atoms with E-state index in [1.165, 1.54) is 30.6 Å². The lowest BCUT2D eigenvalue weighted by Crippen LogP contribution is -2.36. The van der Waals surface area contributed by atoms with Gasteiger partial charge in [0.1, 0.15) is 16.6 Å². The van der Waals surface area contributed by atoms with Crippen molar-refractivity contribution in [2.75, 3.05) is 19.0 Å². The first-order chi connectivity index (χ1) is 13.5. The highest BCUT2D eigenvalue weighted by Crippen LogP contribution is 2.24. The molecule has 0 spiro atoms. The van der Waals surface area contributed by atoms with Crippen molar-refractivity contribution < 1.29 is 18.7 Å². The zero-order chi connectivity index (χ0) is 19.9. The van der Waals surface area contributed by atoms with Gasteiger partial charge in [-0.05, 0) is 24.3 Å². The summed E-state index contributed by atoms with van der Waals surface area (Å²) in [5.41, 5.74) is 1.94. The molecule has 28 heavy (non-hydrogen) atoms. The minimum atomic E-state index is -0.757. The maximum atomic E-state index is 13.3. The molecule has 1 aromatic heterocycles. The third-order valence-corrected chi connectivity index (χ3v) is 4.76. The van der Waals surface area contributed by atoms with Gasteiger partial charge >= 0.3 is 11.8 Å². The van der Waals surface area contributed by atoms with Crippen LogP contribution in [0.3, 0.4) is 0 Å². The number of nitrogens with one attached hydrogen (secondary N) is 2. The normalized spacial score (nSPS) is 10.4. The summed E-state index contributed by atoms with van der Waals surface area (Å²) in [6.45, 7) is 0.261. The Balaban J connectivity index is 1.49. The second-order valence-electron chi connectivity index (χ2n) is 5.85. The van der Waals surface area contributed by atoms with Crippen molar-refractivity contribution in [3.05, 3.63) is 65.4 Å². The number of hydrogen-bond donors (Lipinski definition) is 2. The maximum absolute atomic E-state index is 13.3. The van der Waals surface area contributed by atoms with Crippen LogP contribution in [0.15, 0.2) is 53.9 Å². The van der Waals surface area contributed by atoms with Gasteiger partial charge < -0.3 is 15.4 Å². The van der Waals surface area contributed by atoms with Crippen molar-refractivity contribution >= 4 is 28.8 Å². The monoisotopic (exact) mass is 399 g/mol. The molecule has 0 bridgehead atoms. The van der Waals surface area contributed by atoms with Crippen molar-refractivity contribution in [2.24, 2.45) is 0 Å². The highest BCUT2D eigenvalue weighted by molar-refractivity contribution is 7.13. The highest BCUT2D eigenvalue weighted by Gasteiger charge is 2.14. The average molecular weight is 399 g/mol. The number of aromatic nitrogens is 1. The Morgan fingerprint density at radius 3 is 2.75 bits per heavy atom. The molecule has 0 radical (unpaired) electrons. The molecule has 0 saturated heterocycles. The topological polar surface area (TPSA) is 80.3 Å². The van der Waals surface area contributed by atoms with E-state index in [-0.39, 0.29) is 12.4 Å². The number of amides is 2. The molecule has 0 unspecified atom stereocenters. The van der Waals surface area contributed by atoms with Crippen LogP contribution in [0, 0.1) is 5.82 Å². The molecule has 2 N–H and O–H groups in total. The summed E-state index contributed by atoms with van der Waals surface area (Å²) >= 11 is 1.40. The molecule has 0 saturated carbocycles. The van der Waals surface area contributed by atoms with Gasteiger partial charge in [0.2, 0.25) is 0 Å². The van der Waals surface area contributed by atoms with Crippen LogP contribution in [0.2, 0.25) is 0 Å². The predicted molar refractivity (Wildman–Crippen MR) is 106 cm³/mol. The largest absolute Gasteiger partial charge is 0.497 e. The van der Waals surface area contributed by atoms with Gasteiger partial charge in [0.15, 0.2) is 0 Å². The van der Waals surface area contributed by atoms with E-state index in [9.17, 15) is 14.0 Å². The molecule has 2 amide bonds. The van der Waals surface area contributed by atoms with Gasteiger partial charge in [-0.1, -0.05) is 18.2 Å². The van der Waals surface area contributed by atoms with Crippen LogP contribution in [0.4, 0.5) is 10.1 Å². The number of benzene rings is 2. The summed E-state index contributed by atoms with van der Waals surface area (Å²) in [6, 6.07) is 13.0. The minimum absolute atomic E-state index is 0.261. The molecule has 1 heterocycles. The summed E-state index contributed by atoms with van der Waals surface area (Å²) < 4.78 is 18.4. The predicted octanol–water partition coefficient (Wildman–Crippen LogP) is 3.26. The minimum Gasteiger partial charge on any atom is -0.497 e. The van der Waals surface area contributed by atoms with Gasteiger partial charge in [-0.25, -0.2) is 9.37 Å². The molecule has 8 heteroatoms. The summed E-state index contributed by atoms with van der Waals surface area (Å²) in [5, 5.41) is 7.63. The number of ether oxygens (including phenoxy) is 1. The van der Waals surface area contributed by atoms with Crippen LogP contribution >= 0.6 is 11.3 Å². The Bertz CT molecular complexity index is 990. The summed E-state index contributed by atoms with van der Waals surface area (Å²) in [7, 11) is 1.52. The van der Waals surface area contributed by atoms with Gasteiger partial charge in [0.05, 0.1) is 12.8 Å². The van der Waals surface area contributed by atoms with Crippen molar-refractivity contribution in [2.45, 2.75) is 6.42 Å². The molecule has 0 aliphatic carbocycles. The first kappa shape index (κ1) is 19.5.